The third-order valence-electron chi connectivity index (χ3n) is 2.48. The molecule has 0 aliphatic heterocycles. The summed E-state index contributed by atoms with van der Waals surface area (Å²) in [6.45, 7) is 7.27. The molecule has 2 N–H and O–H groups in total. The SMILES string of the molecule is CC(C)(C)NCc1cnc(-c2ccccc2)[nH]1. The first-order valence-corrected chi connectivity index (χ1v) is 5.89. The van der Waals surface area contributed by atoms with Crippen molar-refractivity contribution >= 4 is 0 Å². The number of aromatic amines is 1. The topological polar surface area (TPSA) is 40.7 Å². The molecule has 0 radical (unpaired) electrons. The highest BCUT2D eigenvalue weighted by atomic mass is 15.0. The van der Waals surface area contributed by atoms with Crippen LogP contribution in [0.4, 0.5) is 0 Å². The van der Waals surface area contributed by atoms with Crippen molar-refractivity contribution in [3.8, 4) is 11.4 Å². The number of hydrogen-bond donors (Lipinski definition) is 2. The van der Waals surface area contributed by atoms with Crippen molar-refractivity contribution < 1.29 is 0 Å². The fourth-order valence-corrected chi connectivity index (χ4v) is 1.55. The summed E-state index contributed by atoms with van der Waals surface area (Å²) in [5.74, 6) is 0.927. The Morgan fingerprint density at radius 1 is 1.18 bits per heavy atom. The molecule has 0 saturated carbocycles. The van der Waals surface area contributed by atoms with Crippen LogP contribution in [0.3, 0.4) is 0 Å². The van der Waals surface area contributed by atoms with E-state index in [0.29, 0.717) is 0 Å². The maximum absolute atomic E-state index is 4.39. The second-order valence-corrected chi connectivity index (χ2v) is 5.23. The Kier molecular flexibility index (Phi) is 3.29. The van der Waals surface area contributed by atoms with Gasteiger partial charge in [0.05, 0.1) is 0 Å². The van der Waals surface area contributed by atoms with Gasteiger partial charge in [0.25, 0.3) is 0 Å². The fourth-order valence-electron chi connectivity index (χ4n) is 1.55. The summed E-state index contributed by atoms with van der Waals surface area (Å²) in [5, 5.41) is 3.43. The molecule has 1 aromatic carbocycles. The Bertz CT molecular complexity index is 466. The molecule has 0 atom stereocenters. The van der Waals surface area contributed by atoms with Crippen molar-refractivity contribution in [3.63, 3.8) is 0 Å². The van der Waals surface area contributed by atoms with E-state index in [1.165, 1.54) is 0 Å². The average Bonchev–Trinajstić information content (AvgIpc) is 2.75. The summed E-state index contributed by atoms with van der Waals surface area (Å²) in [6, 6.07) is 10.2. The predicted octanol–water partition coefficient (Wildman–Crippen LogP) is 2.96. The summed E-state index contributed by atoms with van der Waals surface area (Å²) < 4.78 is 0. The van der Waals surface area contributed by atoms with E-state index in [1.54, 1.807) is 0 Å². The molecule has 0 amide bonds. The number of aromatic nitrogens is 2. The highest BCUT2D eigenvalue weighted by Gasteiger charge is 2.09. The van der Waals surface area contributed by atoms with Gasteiger partial charge in [-0.15, -0.1) is 0 Å². The second-order valence-electron chi connectivity index (χ2n) is 5.23. The minimum absolute atomic E-state index is 0.123. The number of imidazole rings is 1. The van der Waals surface area contributed by atoms with Gasteiger partial charge >= 0.3 is 0 Å². The third-order valence-corrected chi connectivity index (χ3v) is 2.48. The molecule has 0 unspecified atom stereocenters. The lowest BCUT2D eigenvalue weighted by Gasteiger charge is -2.19. The van der Waals surface area contributed by atoms with Gasteiger partial charge in [-0.3, -0.25) is 0 Å². The Labute approximate surface area is 102 Å². The molecule has 0 aliphatic rings. The summed E-state index contributed by atoms with van der Waals surface area (Å²) in [4.78, 5) is 7.72. The highest BCUT2D eigenvalue weighted by molar-refractivity contribution is 5.54. The van der Waals surface area contributed by atoms with E-state index in [-0.39, 0.29) is 5.54 Å². The highest BCUT2D eigenvalue weighted by Crippen LogP contribution is 2.14. The zero-order valence-electron chi connectivity index (χ0n) is 10.6. The van der Waals surface area contributed by atoms with Gasteiger partial charge in [0, 0.05) is 29.5 Å². The maximum atomic E-state index is 4.39. The van der Waals surface area contributed by atoms with Crippen molar-refractivity contribution in [1.82, 2.24) is 15.3 Å². The molecular weight excluding hydrogens is 210 g/mol. The molecule has 0 fully saturated rings. The van der Waals surface area contributed by atoms with Crippen LogP contribution >= 0.6 is 0 Å². The quantitative estimate of drug-likeness (QED) is 0.849. The van der Waals surface area contributed by atoms with Gasteiger partial charge in [-0.2, -0.15) is 0 Å². The Hall–Kier alpha value is -1.61. The number of nitrogens with one attached hydrogen (secondary N) is 2. The molecule has 2 rings (SSSR count). The van der Waals surface area contributed by atoms with Crippen LogP contribution in [-0.2, 0) is 6.54 Å². The van der Waals surface area contributed by atoms with E-state index in [4.69, 9.17) is 0 Å². The molecule has 0 saturated heterocycles. The molecule has 0 bridgehead atoms. The first kappa shape index (κ1) is 11.9. The second kappa shape index (κ2) is 4.72. The Morgan fingerprint density at radius 2 is 1.88 bits per heavy atom. The number of H-pyrrole nitrogens is 1. The van der Waals surface area contributed by atoms with E-state index in [2.05, 4.69) is 48.2 Å². The van der Waals surface area contributed by atoms with Crippen LogP contribution in [0, 0.1) is 0 Å². The van der Waals surface area contributed by atoms with Gasteiger partial charge in [-0.25, -0.2) is 4.98 Å². The molecule has 1 heterocycles. The summed E-state index contributed by atoms with van der Waals surface area (Å²) in [7, 11) is 0. The van der Waals surface area contributed by atoms with Crippen LogP contribution in [0.1, 0.15) is 26.5 Å². The lowest BCUT2D eigenvalue weighted by atomic mass is 10.1. The number of hydrogen-bond acceptors (Lipinski definition) is 2. The monoisotopic (exact) mass is 229 g/mol. The van der Waals surface area contributed by atoms with Gasteiger partial charge in [-0.1, -0.05) is 30.3 Å². The van der Waals surface area contributed by atoms with Crippen molar-refractivity contribution in [2.24, 2.45) is 0 Å². The zero-order chi connectivity index (χ0) is 12.3. The molecular formula is C14H19N3. The average molecular weight is 229 g/mol. The lowest BCUT2D eigenvalue weighted by Crippen LogP contribution is -2.35. The van der Waals surface area contributed by atoms with Gasteiger partial charge in [0.2, 0.25) is 0 Å². The van der Waals surface area contributed by atoms with E-state index in [9.17, 15) is 0 Å². The summed E-state index contributed by atoms with van der Waals surface area (Å²) in [6.07, 6.45) is 1.89. The molecule has 0 spiro atoms. The number of benzene rings is 1. The Morgan fingerprint density at radius 3 is 2.53 bits per heavy atom. The molecule has 1 aromatic heterocycles. The molecule has 3 heteroatoms. The first-order valence-electron chi connectivity index (χ1n) is 5.89. The lowest BCUT2D eigenvalue weighted by molar-refractivity contribution is 0.422. The summed E-state index contributed by atoms with van der Waals surface area (Å²) >= 11 is 0. The standard InChI is InChI=1S/C14H19N3/c1-14(2,3)16-10-12-9-15-13(17-12)11-7-5-4-6-8-11/h4-9,16H,10H2,1-3H3,(H,15,17). The zero-order valence-corrected chi connectivity index (χ0v) is 10.6. The summed E-state index contributed by atoms with van der Waals surface area (Å²) in [5.41, 5.74) is 2.35. The minimum Gasteiger partial charge on any atom is -0.341 e. The van der Waals surface area contributed by atoms with Crippen LogP contribution in [0.2, 0.25) is 0 Å². The van der Waals surface area contributed by atoms with Crippen LogP contribution < -0.4 is 5.32 Å². The Balaban J connectivity index is 2.07. The fraction of sp³-hybridized carbons (Fsp3) is 0.357. The minimum atomic E-state index is 0.123. The van der Waals surface area contributed by atoms with E-state index in [1.807, 2.05) is 24.4 Å². The van der Waals surface area contributed by atoms with Crippen molar-refractivity contribution in [3.05, 3.63) is 42.2 Å². The number of rotatable bonds is 3. The normalized spacial score (nSPS) is 11.7. The van der Waals surface area contributed by atoms with E-state index in [0.717, 1.165) is 23.6 Å². The van der Waals surface area contributed by atoms with Gasteiger partial charge in [-0.05, 0) is 20.8 Å². The van der Waals surface area contributed by atoms with Crippen molar-refractivity contribution in [2.45, 2.75) is 32.9 Å². The van der Waals surface area contributed by atoms with Crippen LogP contribution in [-0.4, -0.2) is 15.5 Å². The van der Waals surface area contributed by atoms with Crippen molar-refractivity contribution in [1.29, 1.82) is 0 Å². The molecule has 2 aromatic rings. The van der Waals surface area contributed by atoms with Crippen LogP contribution in [0.25, 0.3) is 11.4 Å². The van der Waals surface area contributed by atoms with Gasteiger partial charge < -0.3 is 10.3 Å². The first-order chi connectivity index (χ1) is 8.04. The third kappa shape index (κ3) is 3.43. The predicted molar refractivity (Wildman–Crippen MR) is 70.6 cm³/mol. The smallest absolute Gasteiger partial charge is 0.137 e. The molecule has 90 valence electrons. The van der Waals surface area contributed by atoms with Crippen LogP contribution in [0.5, 0.6) is 0 Å². The molecule has 0 aliphatic carbocycles. The van der Waals surface area contributed by atoms with E-state index < -0.39 is 0 Å². The maximum Gasteiger partial charge on any atom is 0.137 e. The van der Waals surface area contributed by atoms with Crippen LogP contribution in [0.15, 0.2) is 36.5 Å². The number of nitrogens with zero attached hydrogens (tertiary/aromatic N) is 1. The van der Waals surface area contributed by atoms with Gasteiger partial charge in [0.1, 0.15) is 5.82 Å². The van der Waals surface area contributed by atoms with Crippen molar-refractivity contribution in [2.75, 3.05) is 0 Å². The van der Waals surface area contributed by atoms with E-state index >= 15 is 0 Å². The molecule has 3 nitrogen and oxygen atoms in total. The largest absolute Gasteiger partial charge is 0.341 e. The van der Waals surface area contributed by atoms with Gasteiger partial charge in [0.15, 0.2) is 0 Å². The molecule has 17 heavy (non-hydrogen) atoms.